The first-order valence-electron chi connectivity index (χ1n) is 6.70. The minimum Gasteiger partial charge on any atom is -0.296 e. The Bertz CT molecular complexity index is 772. The summed E-state index contributed by atoms with van der Waals surface area (Å²) in [4.78, 5) is 12.6. The van der Waals surface area contributed by atoms with Crippen molar-refractivity contribution < 1.29 is 4.79 Å². The highest BCUT2D eigenvalue weighted by Crippen LogP contribution is 2.24. The standard InChI is InChI=1S/C15H12ClN3OS3/c16-11-5-3-10(4-6-11)8-21-9-13-18-19-15(23-13)17-14(20)12-2-1-7-22-12/h1-7H,8-9H2,(H,17,19,20). The highest BCUT2D eigenvalue weighted by Gasteiger charge is 2.10. The van der Waals surface area contributed by atoms with Crippen molar-refractivity contribution in [2.45, 2.75) is 11.5 Å². The molecule has 0 radical (unpaired) electrons. The molecule has 0 aliphatic heterocycles. The fourth-order valence-electron chi connectivity index (χ4n) is 1.77. The number of anilines is 1. The van der Waals surface area contributed by atoms with E-state index in [-0.39, 0.29) is 5.91 Å². The Balaban J connectivity index is 1.49. The molecule has 0 aliphatic rings. The smallest absolute Gasteiger partial charge is 0.267 e. The number of carbonyl (C=O) groups is 1. The van der Waals surface area contributed by atoms with E-state index in [2.05, 4.69) is 15.5 Å². The molecule has 2 aromatic heterocycles. The van der Waals surface area contributed by atoms with Gasteiger partial charge in [-0.1, -0.05) is 41.1 Å². The molecule has 0 bridgehead atoms. The van der Waals surface area contributed by atoms with Gasteiger partial charge in [0.05, 0.1) is 4.88 Å². The number of nitrogens with one attached hydrogen (secondary N) is 1. The van der Waals surface area contributed by atoms with Crippen molar-refractivity contribution in [3.05, 3.63) is 62.2 Å². The Morgan fingerprint density at radius 2 is 2.00 bits per heavy atom. The van der Waals surface area contributed by atoms with Crippen molar-refractivity contribution in [1.29, 1.82) is 0 Å². The quantitative estimate of drug-likeness (QED) is 0.657. The van der Waals surface area contributed by atoms with Crippen LogP contribution in [0.15, 0.2) is 41.8 Å². The van der Waals surface area contributed by atoms with Crippen LogP contribution in [-0.4, -0.2) is 16.1 Å². The van der Waals surface area contributed by atoms with E-state index in [9.17, 15) is 4.79 Å². The molecule has 4 nitrogen and oxygen atoms in total. The minimum absolute atomic E-state index is 0.142. The van der Waals surface area contributed by atoms with Crippen LogP contribution in [-0.2, 0) is 11.5 Å². The SMILES string of the molecule is O=C(Nc1nnc(CSCc2ccc(Cl)cc2)s1)c1cccs1. The molecule has 0 saturated heterocycles. The minimum atomic E-state index is -0.142. The summed E-state index contributed by atoms with van der Waals surface area (Å²) >= 11 is 10.4. The second-order valence-electron chi connectivity index (χ2n) is 4.55. The molecule has 0 spiro atoms. The normalized spacial score (nSPS) is 10.7. The summed E-state index contributed by atoms with van der Waals surface area (Å²) in [5, 5.41) is 14.9. The maximum atomic E-state index is 11.9. The van der Waals surface area contributed by atoms with Gasteiger partial charge in [-0.3, -0.25) is 10.1 Å². The maximum absolute atomic E-state index is 11.9. The van der Waals surface area contributed by atoms with E-state index in [0.29, 0.717) is 10.0 Å². The number of halogens is 1. The lowest BCUT2D eigenvalue weighted by Gasteiger charge is -2.00. The first kappa shape index (κ1) is 16.4. The van der Waals surface area contributed by atoms with Crippen LogP contribution in [0.3, 0.4) is 0 Å². The Kier molecular flexibility index (Phi) is 5.66. The highest BCUT2D eigenvalue weighted by atomic mass is 35.5. The van der Waals surface area contributed by atoms with Gasteiger partial charge in [-0.05, 0) is 29.1 Å². The molecule has 0 aliphatic carbocycles. The summed E-state index contributed by atoms with van der Waals surface area (Å²) < 4.78 is 0. The Morgan fingerprint density at radius 1 is 1.17 bits per heavy atom. The van der Waals surface area contributed by atoms with Gasteiger partial charge in [-0.15, -0.1) is 33.3 Å². The molecule has 118 valence electrons. The number of hydrogen-bond acceptors (Lipinski definition) is 6. The van der Waals surface area contributed by atoms with Crippen molar-refractivity contribution in [3.8, 4) is 0 Å². The summed E-state index contributed by atoms with van der Waals surface area (Å²) in [7, 11) is 0. The second kappa shape index (κ2) is 7.92. The third-order valence-electron chi connectivity index (χ3n) is 2.84. The number of benzene rings is 1. The third-order valence-corrected chi connectivity index (χ3v) is 6.00. The first-order chi connectivity index (χ1) is 11.2. The molecule has 2 heterocycles. The molecule has 1 amide bonds. The van der Waals surface area contributed by atoms with Gasteiger partial charge in [0.2, 0.25) is 5.13 Å². The van der Waals surface area contributed by atoms with E-state index in [4.69, 9.17) is 11.6 Å². The van der Waals surface area contributed by atoms with Crippen molar-refractivity contribution in [1.82, 2.24) is 10.2 Å². The summed E-state index contributed by atoms with van der Waals surface area (Å²) in [6.07, 6.45) is 0. The fraction of sp³-hybridized carbons (Fsp3) is 0.133. The molecule has 1 N–H and O–H groups in total. The van der Waals surface area contributed by atoms with Crippen molar-refractivity contribution >= 4 is 57.1 Å². The van der Waals surface area contributed by atoms with Gasteiger partial charge in [-0.2, -0.15) is 0 Å². The molecule has 8 heteroatoms. The molecule has 3 aromatic rings. The van der Waals surface area contributed by atoms with Gasteiger partial charge in [0.25, 0.3) is 5.91 Å². The van der Waals surface area contributed by atoms with Crippen LogP contribution in [0.2, 0.25) is 5.02 Å². The van der Waals surface area contributed by atoms with Gasteiger partial charge in [-0.25, -0.2) is 0 Å². The number of thiophene rings is 1. The summed E-state index contributed by atoms with van der Waals surface area (Å²) in [6, 6.07) is 11.4. The molecule has 0 unspecified atom stereocenters. The van der Waals surface area contributed by atoms with Crippen LogP contribution < -0.4 is 5.32 Å². The number of rotatable bonds is 6. The molecular weight excluding hydrogens is 370 g/mol. The van der Waals surface area contributed by atoms with Crippen LogP contribution in [0.25, 0.3) is 0 Å². The zero-order valence-electron chi connectivity index (χ0n) is 11.9. The van der Waals surface area contributed by atoms with Gasteiger partial charge in [0.15, 0.2) is 0 Å². The average Bonchev–Trinajstić information content (AvgIpc) is 3.21. The van der Waals surface area contributed by atoms with Gasteiger partial charge in [0, 0.05) is 16.5 Å². The molecule has 23 heavy (non-hydrogen) atoms. The van der Waals surface area contributed by atoms with Crippen molar-refractivity contribution in [2.75, 3.05) is 5.32 Å². The summed E-state index contributed by atoms with van der Waals surface area (Å²) in [5.74, 6) is 1.50. The topological polar surface area (TPSA) is 54.9 Å². The van der Waals surface area contributed by atoms with E-state index < -0.39 is 0 Å². The van der Waals surface area contributed by atoms with E-state index in [1.165, 1.54) is 28.2 Å². The van der Waals surface area contributed by atoms with E-state index in [1.807, 2.05) is 35.7 Å². The number of nitrogens with zero attached hydrogens (tertiary/aromatic N) is 2. The number of carbonyl (C=O) groups excluding carboxylic acids is 1. The van der Waals surface area contributed by atoms with Crippen LogP contribution in [0.5, 0.6) is 0 Å². The number of thioether (sulfide) groups is 1. The fourth-order valence-corrected chi connectivity index (χ4v) is 4.29. The van der Waals surface area contributed by atoms with Gasteiger partial charge in [0.1, 0.15) is 5.01 Å². The van der Waals surface area contributed by atoms with Crippen LogP contribution in [0.1, 0.15) is 20.2 Å². The largest absolute Gasteiger partial charge is 0.296 e. The monoisotopic (exact) mass is 381 g/mol. The lowest BCUT2D eigenvalue weighted by molar-refractivity contribution is 0.103. The van der Waals surface area contributed by atoms with Crippen LogP contribution >= 0.6 is 46.0 Å². The predicted molar refractivity (Wildman–Crippen MR) is 98.6 cm³/mol. The van der Waals surface area contributed by atoms with E-state index >= 15 is 0 Å². The lowest BCUT2D eigenvalue weighted by Crippen LogP contribution is -2.09. The predicted octanol–water partition coefficient (Wildman–Crippen LogP) is 4.94. The third kappa shape index (κ3) is 4.78. The van der Waals surface area contributed by atoms with Crippen LogP contribution in [0.4, 0.5) is 5.13 Å². The lowest BCUT2D eigenvalue weighted by atomic mass is 10.2. The van der Waals surface area contributed by atoms with Crippen molar-refractivity contribution in [3.63, 3.8) is 0 Å². The van der Waals surface area contributed by atoms with E-state index in [0.717, 1.165) is 21.5 Å². The van der Waals surface area contributed by atoms with Crippen molar-refractivity contribution in [2.24, 2.45) is 0 Å². The molecule has 0 saturated carbocycles. The van der Waals surface area contributed by atoms with Gasteiger partial charge >= 0.3 is 0 Å². The zero-order valence-corrected chi connectivity index (χ0v) is 15.1. The number of amides is 1. The number of hydrogen-bond donors (Lipinski definition) is 1. The maximum Gasteiger partial charge on any atom is 0.267 e. The summed E-state index contributed by atoms with van der Waals surface area (Å²) in [5.41, 5.74) is 1.22. The first-order valence-corrected chi connectivity index (χ1v) is 9.93. The average molecular weight is 382 g/mol. The Hall–Kier alpha value is -1.41. The molecular formula is C15H12ClN3OS3. The van der Waals surface area contributed by atoms with Gasteiger partial charge < -0.3 is 0 Å². The second-order valence-corrected chi connectivity index (χ2v) is 7.98. The van der Waals surface area contributed by atoms with E-state index in [1.54, 1.807) is 17.8 Å². The molecule has 0 atom stereocenters. The molecule has 0 fully saturated rings. The van der Waals surface area contributed by atoms with Crippen LogP contribution in [0, 0.1) is 0 Å². The highest BCUT2D eigenvalue weighted by molar-refractivity contribution is 7.97. The number of aromatic nitrogens is 2. The molecule has 1 aromatic carbocycles. The zero-order chi connectivity index (χ0) is 16.1. The molecule has 3 rings (SSSR count). The Morgan fingerprint density at radius 3 is 2.74 bits per heavy atom. The summed E-state index contributed by atoms with van der Waals surface area (Å²) in [6.45, 7) is 0. The Labute approximate surface area is 150 Å².